The first kappa shape index (κ1) is 10.5. The van der Waals surface area contributed by atoms with Crippen molar-refractivity contribution < 1.29 is 5.11 Å². The molecule has 2 atom stereocenters. The smallest absolute Gasteiger partial charge is 0.122 e. The van der Waals surface area contributed by atoms with Crippen LogP contribution in [0.15, 0.2) is 18.2 Å². The average Bonchev–Trinajstić information content (AvgIpc) is 2.89. The Morgan fingerprint density at radius 3 is 2.87 bits per heavy atom. The van der Waals surface area contributed by atoms with Crippen molar-refractivity contribution in [3.63, 3.8) is 0 Å². The van der Waals surface area contributed by atoms with Crippen LogP contribution in [0.3, 0.4) is 0 Å². The molecule has 1 aliphatic rings. The van der Waals surface area contributed by atoms with Gasteiger partial charge in [-0.15, -0.1) is 0 Å². The molecule has 0 heterocycles. The van der Waals surface area contributed by atoms with Crippen LogP contribution in [0.2, 0.25) is 0 Å². The first-order valence-electron chi connectivity index (χ1n) is 5.66. The summed E-state index contributed by atoms with van der Waals surface area (Å²) >= 11 is 0. The summed E-state index contributed by atoms with van der Waals surface area (Å²) in [6.45, 7) is 6.07. The van der Waals surface area contributed by atoms with Crippen LogP contribution in [0.25, 0.3) is 0 Å². The van der Waals surface area contributed by atoms with Gasteiger partial charge >= 0.3 is 0 Å². The lowest BCUT2D eigenvalue weighted by Gasteiger charge is -2.08. The Morgan fingerprint density at radius 2 is 2.20 bits per heavy atom. The van der Waals surface area contributed by atoms with E-state index in [1.807, 2.05) is 25.1 Å². The van der Waals surface area contributed by atoms with E-state index in [0.717, 1.165) is 36.1 Å². The molecule has 2 heteroatoms. The lowest BCUT2D eigenvalue weighted by Crippen LogP contribution is -2.16. The van der Waals surface area contributed by atoms with E-state index < -0.39 is 0 Å². The van der Waals surface area contributed by atoms with E-state index in [2.05, 4.69) is 12.2 Å². The highest BCUT2D eigenvalue weighted by molar-refractivity contribution is 5.39. The minimum absolute atomic E-state index is 0.439. The number of aryl methyl sites for hydroxylation is 1. The van der Waals surface area contributed by atoms with Crippen LogP contribution in [0.4, 0.5) is 0 Å². The summed E-state index contributed by atoms with van der Waals surface area (Å²) in [6.07, 6.45) is 1.35. The van der Waals surface area contributed by atoms with Gasteiger partial charge in [0, 0.05) is 12.1 Å². The Kier molecular flexibility index (Phi) is 2.96. The minimum atomic E-state index is 0.439. The highest BCUT2D eigenvalue weighted by Crippen LogP contribution is 2.36. The molecule has 82 valence electrons. The number of benzene rings is 1. The van der Waals surface area contributed by atoms with Gasteiger partial charge < -0.3 is 10.4 Å². The third-order valence-electron chi connectivity index (χ3n) is 3.32. The van der Waals surface area contributed by atoms with Crippen molar-refractivity contribution in [2.45, 2.75) is 26.8 Å². The van der Waals surface area contributed by atoms with E-state index in [0.29, 0.717) is 5.75 Å². The summed E-state index contributed by atoms with van der Waals surface area (Å²) in [4.78, 5) is 0. The van der Waals surface area contributed by atoms with Gasteiger partial charge in [-0.2, -0.15) is 0 Å². The molecule has 0 spiro atoms. The number of para-hydroxylation sites is 1. The molecule has 1 aromatic carbocycles. The van der Waals surface area contributed by atoms with Crippen molar-refractivity contribution in [2.75, 3.05) is 6.54 Å². The maximum Gasteiger partial charge on any atom is 0.122 e. The molecule has 0 aromatic heterocycles. The summed E-state index contributed by atoms with van der Waals surface area (Å²) < 4.78 is 0. The molecule has 2 N–H and O–H groups in total. The number of phenolic OH excluding ortho intramolecular Hbond substituents is 1. The van der Waals surface area contributed by atoms with E-state index in [1.54, 1.807) is 0 Å². The van der Waals surface area contributed by atoms with Gasteiger partial charge in [0.25, 0.3) is 0 Å². The number of hydrogen-bond acceptors (Lipinski definition) is 2. The summed E-state index contributed by atoms with van der Waals surface area (Å²) in [5, 5.41) is 13.2. The average molecular weight is 205 g/mol. The number of phenols is 1. The lowest BCUT2D eigenvalue weighted by atomic mass is 10.1. The summed E-state index contributed by atoms with van der Waals surface area (Å²) in [5.41, 5.74) is 1.96. The Balaban J connectivity index is 1.85. The van der Waals surface area contributed by atoms with Crippen molar-refractivity contribution >= 4 is 0 Å². The molecular formula is C13H19NO. The van der Waals surface area contributed by atoms with Crippen molar-refractivity contribution in [2.24, 2.45) is 11.8 Å². The Labute approximate surface area is 91.3 Å². The van der Waals surface area contributed by atoms with Gasteiger partial charge in [0.05, 0.1) is 0 Å². The van der Waals surface area contributed by atoms with Crippen LogP contribution >= 0.6 is 0 Å². The second-order valence-electron chi connectivity index (χ2n) is 4.69. The first-order valence-corrected chi connectivity index (χ1v) is 5.66. The Hall–Kier alpha value is -1.02. The van der Waals surface area contributed by atoms with E-state index in [1.165, 1.54) is 6.42 Å². The third kappa shape index (κ3) is 2.51. The zero-order valence-corrected chi connectivity index (χ0v) is 9.46. The summed E-state index contributed by atoms with van der Waals surface area (Å²) in [6, 6.07) is 5.90. The SMILES string of the molecule is Cc1cccc(CNCC2CC2C)c1O. The van der Waals surface area contributed by atoms with Crippen LogP contribution in [0, 0.1) is 18.8 Å². The molecule has 0 aliphatic heterocycles. The van der Waals surface area contributed by atoms with Crippen molar-refractivity contribution in [3.8, 4) is 5.75 Å². The van der Waals surface area contributed by atoms with E-state index in [9.17, 15) is 5.11 Å². The van der Waals surface area contributed by atoms with Crippen LogP contribution in [-0.2, 0) is 6.54 Å². The molecule has 1 fully saturated rings. The molecule has 2 rings (SSSR count). The summed E-state index contributed by atoms with van der Waals surface area (Å²) in [5.74, 6) is 2.19. The van der Waals surface area contributed by atoms with Crippen LogP contribution in [-0.4, -0.2) is 11.7 Å². The van der Waals surface area contributed by atoms with Crippen LogP contribution in [0.1, 0.15) is 24.5 Å². The molecular weight excluding hydrogens is 186 g/mol. The molecule has 2 unspecified atom stereocenters. The summed E-state index contributed by atoms with van der Waals surface area (Å²) in [7, 11) is 0. The van der Waals surface area contributed by atoms with Gasteiger partial charge in [0.15, 0.2) is 0 Å². The molecule has 0 amide bonds. The fourth-order valence-electron chi connectivity index (χ4n) is 1.94. The first-order chi connectivity index (χ1) is 7.18. The highest BCUT2D eigenvalue weighted by Gasteiger charge is 2.31. The normalized spacial score (nSPS) is 24.1. The molecule has 0 saturated heterocycles. The van der Waals surface area contributed by atoms with Gasteiger partial charge in [-0.3, -0.25) is 0 Å². The van der Waals surface area contributed by atoms with Gasteiger partial charge in [-0.25, -0.2) is 0 Å². The Morgan fingerprint density at radius 1 is 1.47 bits per heavy atom. The molecule has 1 saturated carbocycles. The van der Waals surface area contributed by atoms with Crippen LogP contribution in [0.5, 0.6) is 5.75 Å². The van der Waals surface area contributed by atoms with E-state index in [4.69, 9.17) is 0 Å². The topological polar surface area (TPSA) is 32.3 Å². The van der Waals surface area contributed by atoms with Crippen molar-refractivity contribution in [1.29, 1.82) is 0 Å². The fourth-order valence-corrected chi connectivity index (χ4v) is 1.94. The molecule has 15 heavy (non-hydrogen) atoms. The van der Waals surface area contributed by atoms with Gasteiger partial charge in [0.2, 0.25) is 0 Å². The van der Waals surface area contributed by atoms with Gasteiger partial charge in [0.1, 0.15) is 5.75 Å². The second-order valence-corrected chi connectivity index (χ2v) is 4.69. The predicted molar refractivity (Wildman–Crippen MR) is 61.8 cm³/mol. The van der Waals surface area contributed by atoms with Crippen LogP contribution < -0.4 is 5.32 Å². The number of rotatable bonds is 4. The predicted octanol–water partition coefficient (Wildman–Crippen LogP) is 2.45. The van der Waals surface area contributed by atoms with Gasteiger partial charge in [-0.1, -0.05) is 25.1 Å². The molecule has 2 nitrogen and oxygen atoms in total. The monoisotopic (exact) mass is 205 g/mol. The van der Waals surface area contributed by atoms with E-state index >= 15 is 0 Å². The van der Waals surface area contributed by atoms with Crippen molar-refractivity contribution in [3.05, 3.63) is 29.3 Å². The highest BCUT2D eigenvalue weighted by atomic mass is 16.3. The fraction of sp³-hybridized carbons (Fsp3) is 0.538. The zero-order valence-electron chi connectivity index (χ0n) is 9.46. The molecule has 1 aromatic rings. The Bertz CT molecular complexity index is 348. The second kappa shape index (κ2) is 4.23. The minimum Gasteiger partial charge on any atom is -0.507 e. The largest absolute Gasteiger partial charge is 0.507 e. The molecule has 0 bridgehead atoms. The standard InChI is InChI=1S/C13H19NO/c1-9-4-3-5-11(13(9)15)7-14-8-12-6-10(12)2/h3-5,10,12,14-15H,6-8H2,1-2H3. The van der Waals surface area contributed by atoms with E-state index in [-0.39, 0.29) is 0 Å². The molecule has 0 radical (unpaired) electrons. The maximum absolute atomic E-state index is 9.79. The number of nitrogens with one attached hydrogen (secondary N) is 1. The zero-order chi connectivity index (χ0) is 10.8. The van der Waals surface area contributed by atoms with Gasteiger partial charge in [-0.05, 0) is 37.3 Å². The quantitative estimate of drug-likeness (QED) is 0.791. The van der Waals surface area contributed by atoms with Crippen molar-refractivity contribution in [1.82, 2.24) is 5.32 Å². The lowest BCUT2D eigenvalue weighted by molar-refractivity contribution is 0.459. The number of aromatic hydroxyl groups is 1. The maximum atomic E-state index is 9.79. The third-order valence-corrected chi connectivity index (χ3v) is 3.32. The molecule has 1 aliphatic carbocycles. The number of hydrogen-bond donors (Lipinski definition) is 2.